The van der Waals surface area contributed by atoms with E-state index < -0.39 is 5.41 Å². The molecular formula is C53H34N4O. The molecule has 0 saturated heterocycles. The Bertz CT molecular complexity index is 2930. The molecule has 0 radical (unpaired) electrons. The third-order valence-corrected chi connectivity index (χ3v) is 11.9. The zero-order valence-corrected chi connectivity index (χ0v) is 31.3. The van der Waals surface area contributed by atoms with Gasteiger partial charge in [0.2, 0.25) is 0 Å². The molecule has 3 aliphatic rings. The molecule has 0 N–H and O–H groups in total. The van der Waals surface area contributed by atoms with Gasteiger partial charge in [-0.3, -0.25) is 0 Å². The van der Waals surface area contributed by atoms with Crippen LogP contribution in [0.5, 0.6) is 11.5 Å². The van der Waals surface area contributed by atoms with Crippen molar-refractivity contribution in [3.8, 4) is 74.0 Å². The lowest BCUT2D eigenvalue weighted by atomic mass is 9.61. The van der Waals surface area contributed by atoms with Crippen molar-refractivity contribution in [1.29, 1.82) is 5.26 Å². The van der Waals surface area contributed by atoms with Crippen molar-refractivity contribution in [3.05, 3.63) is 222 Å². The van der Waals surface area contributed by atoms with Crippen LogP contribution < -0.4 is 4.74 Å². The second-order valence-electron chi connectivity index (χ2n) is 15.0. The highest BCUT2D eigenvalue weighted by molar-refractivity contribution is 5.82. The van der Waals surface area contributed by atoms with Crippen molar-refractivity contribution in [2.24, 2.45) is 5.92 Å². The molecule has 3 unspecified atom stereocenters. The summed E-state index contributed by atoms with van der Waals surface area (Å²) in [5.74, 6) is 3.82. The van der Waals surface area contributed by atoms with Gasteiger partial charge in [0.15, 0.2) is 17.5 Å². The largest absolute Gasteiger partial charge is 0.456 e. The molecule has 5 heteroatoms. The number of aromatic nitrogens is 3. The predicted octanol–water partition coefficient (Wildman–Crippen LogP) is 12.4. The van der Waals surface area contributed by atoms with Crippen LogP contribution in [-0.2, 0) is 5.41 Å². The van der Waals surface area contributed by atoms with E-state index in [0.717, 1.165) is 61.6 Å². The van der Waals surface area contributed by atoms with E-state index in [0.29, 0.717) is 23.0 Å². The number of para-hydroxylation sites is 1. The summed E-state index contributed by atoms with van der Waals surface area (Å²) in [7, 11) is 0. The first-order valence-corrected chi connectivity index (χ1v) is 19.6. The highest BCUT2D eigenvalue weighted by atomic mass is 16.5. The molecule has 2 aliphatic carbocycles. The lowest BCUT2D eigenvalue weighted by Crippen LogP contribution is -2.37. The zero-order valence-electron chi connectivity index (χ0n) is 31.3. The van der Waals surface area contributed by atoms with Gasteiger partial charge in [-0.1, -0.05) is 164 Å². The molecule has 272 valence electrons. The van der Waals surface area contributed by atoms with E-state index in [4.69, 9.17) is 19.7 Å². The van der Waals surface area contributed by atoms with Crippen LogP contribution in [-0.4, -0.2) is 15.0 Å². The van der Waals surface area contributed by atoms with Crippen LogP contribution in [0, 0.1) is 17.2 Å². The number of nitrogens with zero attached hydrogens (tertiary/aromatic N) is 4. The van der Waals surface area contributed by atoms with Crippen LogP contribution in [0.1, 0.15) is 33.7 Å². The van der Waals surface area contributed by atoms with Crippen LogP contribution in [0.4, 0.5) is 0 Å². The highest BCUT2D eigenvalue weighted by Crippen LogP contribution is 2.65. The van der Waals surface area contributed by atoms with Gasteiger partial charge in [-0.2, -0.15) is 5.26 Å². The average Bonchev–Trinajstić information content (AvgIpc) is 3.60. The Labute approximate surface area is 337 Å². The second kappa shape index (κ2) is 13.5. The van der Waals surface area contributed by atoms with Crippen molar-refractivity contribution in [2.75, 3.05) is 0 Å². The van der Waals surface area contributed by atoms with Gasteiger partial charge in [-0.15, -0.1) is 0 Å². The number of allylic oxidation sites excluding steroid dienone is 4. The molecule has 0 saturated carbocycles. The Kier molecular flexibility index (Phi) is 7.84. The fourth-order valence-electron chi connectivity index (χ4n) is 9.32. The fourth-order valence-corrected chi connectivity index (χ4v) is 9.32. The summed E-state index contributed by atoms with van der Waals surface area (Å²) in [6.07, 6.45) is 9.12. The second-order valence-corrected chi connectivity index (χ2v) is 15.0. The molecule has 3 atom stereocenters. The van der Waals surface area contributed by atoms with Gasteiger partial charge in [-0.05, 0) is 58.1 Å². The van der Waals surface area contributed by atoms with Gasteiger partial charge >= 0.3 is 0 Å². The minimum absolute atomic E-state index is 0.0960. The molecule has 8 aromatic rings. The monoisotopic (exact) mass is 742 g/mol. The smallest absolute Gasteiger partial charge is 0.164 e. The summed E-state index contributed by atoms with van der Waals surface area (Å²) in [5.41, 5.74) is 11.9. The first-order valence-electron chi connectivity index (χ1n) is 19.6. The summed E-state index contributed by atoms with van der Waals surface area (Å²) >= 11 is 0. The Morgan fingerprint density at radius 2 is 1.05 bits per heavy atom. The highest BCUT2D eigenvalue weighted by Gasteiger charge is 2.57. The van der Waals surface area contributed by atoms with E-state index in [1.807, 2.05) is 84.9 Å². The van der Waals surface area contributed by atoms with Gasteiger partial charge in [0.25, 0.3) is 0 Å². The van der Waals surface area contributed by atoms with Crippen LogP contribution in [0.15, 0.2) is 194 Å². The number of hydrogen-bond acceptors (Lipinski definition) is 5. The molecule has 1 aromatic heterocycles. The number of ether oxygens (including phenoxy) is 1. The van der Waals surface area contributed by atoms with Crippen molar-refractivity contribution < 1.29 is 4.74 Å². The molecule has 58 heavy (non-hydrogen) atoms. The predicted molar refractivity (Wildman–Crippen MR) is 229 cm³/mol. The third kappa shape index (κ3) is 5.27. The number of rotatable bonds is 5. The minimum Gasteiger partial charge on any atom is -0.456 e. The minimum atomic E-state index is -0.572. The molecule has 1 aliphatic heterocycles. The zero-order chi connectivity index (χ0) is 38.6. The van der Waals surface area contributed by atoms with E-state index in [-0.39, 0.29) is 11.8 Å². The van der Waals surface area contributed by atoms with E-state index >= 15 is 0 Å². The molecular weight excluding hydrogens is 709 g/mol. The summed E-state index contributed by atoms with van der Waals surface area (Å²) in [6, 6.07) is 60.7. The molecule has 0 fully saturated rings. The SMILES string of the molecule is N#Cc1ccc(-c2ccc(-c3cccc4c3Oc3ccc(-c5nc(-c6ccccc6)nc(-c6ccccc6)n5)cc3C43c4ccccc4C4C=CC=CC43)cc2)cc1. The fraction of sp³-hybridized carbons (Fsp3) is 0.0566. The summed E-state index contributed by atoms with van der Waals surface area (Å²) in [4.78, 5) is 15.2. The van der Waals surface area contributed by atoms with Crippen molar-refractivity contribution in [1.82, 2.24) is 15.0 Å². The molecule has 7 aromatic carbocycles. The molecule has 1 spiro atoms. The molecule has 0 amide bonds. The molecule has 0 bridgehead atoms. The van der Waals surface area contributed by atoms with Gasteiger partial charge in [0.1, 0.15) is 11.5 Å². The number of hydrogen-bond donors (Lipinski definition) is 0. The van der Waals surface area contributed by atoms with Gasteiger partial charge in [0, 0.05) is 45.2 Å². The van der Waals surface area contributed by atoms with Crippen molar-refractivity contribution in [2.45, 2.75) is 11.3 Å². The van der Waals surface area contributed by atoms with E-state index in [9.17, 15) is 5.26 Å². The standard InChI is InChI=1S/C53H34N4O/c54-33-34-22-24-35(25-23-34)36-26-28-37(29-27-36)41-18-11-21-46-49(41)58-48-31-30-40(32-47(48)53(46)44-19-9-7-16-42(44)43-17-8-10-20-45(43)53)52-56-50(38-12-3-1-4-13-38)55-51(57-52)39-14-5-2-6-15-39/h1-32,42,44H. The first-order chi connectivity index (χ1) is 28.7. The Hall–Kier alpha value is -7.68. The number of fused-ring (bicyclic) bond motifs is 9. The maximum atomic E-state index is 9.30. The molecule has 11 rings (SSSR count). The number of nitriles is 1. The topological polar surface area (TPSA) is 71.7 Å². The summed E-state index contributed by atoms with van der Waals surface area (Å²) in [5, 5.41) is 9.30. The van der Waals surface area contributed by atoms with Crippen LogP contribution in [0.25, 0.3) is 56.4 Å². The maximum Gasteiger partial charge on any atom is 0.164 e. The Morgan fingerprint density at radius 3 is 1.74 bits per heavy atom. The Balaban J connectivity index is 1.11. The van der Waals surface area contributed by atoms with Crippen LogP contribution in [0.3, 0.4) is 0 Å². The van der Waals surface area contributed by atoms with Crippen LogP contribution in [0.2, 0.25) is 0 Å². The van der Waals surface area contributed by atoms with Crippen LogP contribution >= 0.6 is 0 Å². The van der Waals surface area contributed by atoms with E-state index in [2.05, 4.69) is 115 Å². The normalized spacial score (nSPS) is 18.1. The lowest BCUT2D eigenvalue weighted by molar-refractivity contribution is 0.375. The Morgan fingerprint density at radius 1 is 0.483 bits per heavy atom. The number of benzene rings is 7. The van der Waals surface area contributed by atoms with Crippen molar-refractivity contribution in [3.63, 3.8) is 0 Å². The maximum absolute atomic E-state index is 9.30. The summed E-state index contributed by atoms with van der Waals surface area (Å²) < 4.78 is 7.14. The van der Waals surface area contributed by atoms with Gasteiger partial charge in [-0.25, -0.2) is 15.0 Å². The first kappa shape index (κ1) is 33.6. The quantitative estimate of drug-likeness (QED) is 0.176. The van der Waals surface area contributed by atoms with Crippen molar-refractivity contribution >= 4 is 0 Å². The average molecular weight is 743 g/mol. The molecule has 5 nitrogen and oxygen atoms in total. The summed E-state index contributed by atoms with van der Waals surface area (Å²) in [6.45, 7) is 0. The van der Waals surface area contributed by atoms with Gasteiger partial charge in [0.05, 0.1) is 17.0 Å². The van der Waals surface area contributed by atoms with E-state index in [1.54, 1.807) is 0 Å². The van der Waals surface area contributed by atoms with Gasteiger partial charge < -0.3 is 4.74 Å². The van der Waals surface area contributed by atoms with E-state index in [1.165, 1.54) is 11.1 Å². The lowest BCUT2D eigenvalue weighted by Gasteiger charge is -2.43. The third-order valence-electron chi connectivity index (χ3n) is 11.9. The molecule has 2 heterocycles.